The van der Waals surface area contributed by atoms with Gasteiger partial charge < -0.3 is 9.88 Å². The van der Waals surface area contributed by atoms with Gasteiger partial charge in [-0.3, -0.25) is 14.9 Å². The van der Waals surface area contributed by atoms with Gasteiger partial charge in [0.15, 0.2) is 0 Å². The molecule has 4 rings (SSSR count). The molecule has 1 aliphatic rings. The summed E-state index contributed by atoms with van der Waals surface area (Å²) < 4.78 is 0. The Morgan fingerprint density at radius 3 is 2.88 bits per heavy atom. The fourth-order valence-electron chi connectivity index (χ4n) is 3.37. The number of amides is 1. The summed E-state index contributed by atoms with van der Waals surface area (Å²) in [5.41, 5.74) is 4.11. The number of nitro groups is 1. The van der Waals surface area contributed by atoms with Gasteiger partial charge in [0, 0.05) is 59.9 Å². The molecule has 0 fully saturated rings. The first kappa shape index (κ1) is 16.1. The van der Waals surface area contributed by atoms with E-state index < -0.39 is 4.92 Å². The topological polar surface area (TPSA) is 79.2 Å². The van der Waals surface area contributed by atoms with Gasteiger partial charge in [0.2, 0.25) is 5.91 Å². The maximum Gasteiger partial charge on any atom is 0.270 e. The fourth-order valence-corrected chi connectivity index (χ4v) is 3.37. The number of carbonyl (C=O) groups is 1. The third-order valence-electron chi connectivity index (χ3n) is 4.69. The van der Waals surface area contributed by atoms with Crippen LogP contribution in [0.25, 0.3) is 17.0 Å². The number of para-hydroxylation sites is 1. The van der Waals surface area contributed by atoms with Gasteiger partial charge in [-0.2, -0.15) is 0 Å². The first-order chi connectivity index (χ1) is 12.6. The molecule has 1 aliphatic heterocycles. The predicted molar refractivity (Wildman–Crippen MR) is 99.6 cm³/mol. The Labute approximate surface area is 149 Å². The first-order valence-electron chi connectivity index (χ1n) is 8.42. The van der Waals surface area contributed by atoms with E-state index in [-0.39, 0.29) is 11.6 Å². The predicted octanol–water partition coefficient (Wildman–Crippen LogP) is 3.67. The lowest BCUT2D eigenvalue weighted by Gasteiger charge is -2.26. The lowest BCUT2D eigenvalue weighted by molar-refractivity contribution is -0.384. The zero-order valence-electron chi connectivity index (χ0n) is 14.0. The molecule has 0 atom stereocenters. The van der Waals surface area contributed by atoms with Crippen molar-refractivity contribution in [3.8, 4) is 0 Å². The molecule has 3 aromatic rings. The summed E-state index contributed by atoms with van der Waals surface area (Å²) in [6.07, 6.45) is 3.90. The van der Waals surface area contributed by atoms with E-state index in [2.05, 4.69) is 11.1 Å². The molecule has 130 valence electrons. The fraction of sp³-hybridized carbons (Fsp3) is 0.150. The molecule has 2 aromatic carbocycles. The Morgan fingerprint density at radius 1 is 1.19 bits per heavy atom. The van der Waals surface area contributed by atoms with Crippen molar-refractivity contribution in [2.45, 2.75) is 13.0 Å². The van der Waals surface area contributed by atoms with Crippen molar-refractivity contribution in [2.24, 2.45) is 0 Å². The van der Waals surface area contributed by atoms with Gasteiger partial charge in [0.1, 0.15) is 0 Å². The van der Waals surface area contributed by atoms with Crippen molar-refractivity contribution in [2.75, 3.05) is 6.54 Å². The van der Waals surface area contributed by atoms with E-state index in [4.69, 9.17) is 0 Å². The van der Waals surface area contributed by atoms with E-state index in [1.165, 1.54) is 29.5 Å². The van der Waals surface area contributed by atoms with Crippen LogP contribution in [0.4, 0.5) is 5.69 Å². The molecule has 1 amide bonds. The van der Waals surface area contributed by atoms with E-state index in [9.17, 15) is 14.9 Å². The molecular formula is C20H17N3O3. The maximum absolute atomic E-state index is 12.6. The van der Waals surface area contributed by atoms with Crippen LogP contribution in [0.1, 0.15) is 16.8 Å². The van der Waals surface area contributed by atoms with Gasteiger partial charge in [-0.1, -0.05) is 30.3 Å². The Morgan fingerprint density at radius 2 is 2.04 bits per heavy atom. The third kappa shape index (κ3) is 2.97. The van der Waals surface area contributed by atoms with Crippen LogP contribution in [-0.2, 0) is 17.8 Å². The normalized spacial score (nSPS) is 13.9. The number of nitrogens with zero attached hydrogens (tertiary/aromatic N) is 2. The molecule has 2 heterocycles. The number of carbonyl (C=O) groups excluding carboxylic acids is 1. The van der Waals surface area contributed by atoms with E-state index in [1.807, 2.05) is 18.2 Å². The number of H-pyrrole nitrogens is 1. The standard InChI is InChI=1S/C20H17N3O3/c24-20(9-8-14-4-3-5-15(12-14)23(25)26)22-11-10-19-17(13-22)16-6-1-2-7-18(16)21-19/h1-9,12,21H,10-11,13H2. The highest BCUT2D eigenvalue weighted by molar-refractivity contribution is 5.93. The summed E-state index contributed by atoms with van der Waals surface area (Å²) in [6, 6.07) is 14.3. The molecule has 0 spiro atoms. The van der Waals surface area contributed by atoms with Gasteiger partial charge in [-0.05, 0) is 17.7 Å². The maximum atomic E-state index is 12.6. The Bertz CT molecular complexity index is 1040. The highest BCUT2D eigenvalue weighted by Gasteiger charge is 2.22. The second-order valence-electron chi connectivity index (χ2n) is 6.32. The molecule has 0 aliphatic carbocycles. The number of nitro benzene ring substituents is 1. The van der Waals surface area contributed by atoms with Crippen LogP contribution in [0.5, 0.6) is 0 Å². The Kier molecular flexibility index (Phi) is 4.01. The number of non-ortho nitro benzene ring substituents is 1. The summed E-state index contributed by atoms with van der Waals surface area (Å²) in [5.74, 6) is -0.0903. The van der Waals surface area contributed by atoms with Crippen molar-refractivity contribution in [3.63, 3.8) is 0 Å². The summed E-state index contributed by atoms with van der Waals surface area (Å²) in [7, 11) is 0. The van der Waals surface area contributed by atoms with Crippen LogP contribution in [-0.4, -0.2) is 27.3 Å². The zero-order valence-corrected chi connectivity index (χ0v) is 14.0. The monoisotopic (exact) mass is 347 g/mol. The first-order valence-corrected chi connectivity index (χ1v) is 8.42. The second kappa shape index (κ2) is 6.48. The van der Waals surface area contributed by atoms with Gasteiger partial charge in [-0.15, -0.1) is 0 Å². The number of rotatable bonds is 3. The van der Waals surface area contributed by atoms with Crippen molar-refractivity contribution in [1.29, 1.82) is 0 Å². The number of benzene rings is 2. The summed E-state index contributed by atoms with van der Waals surface area (Å²) in [6.45, 7) is 1.22. The summed E-state index contributed by atoms with van der Waals surface area (Å²) >= 11 is 0. The molecule has 26 heavy (non-hydrogen) atoms. The van der Waals surface area contributed by atoms with Gasteiger partial charge in [-0.25, -0.2) is 0 Å². The molecular weight excluding hydrogens is 330 g/mol. The van der Waals surface area contributed by atoms with E-state index in [0.717, 1.165) is 17.3 Å². The van der Waals surface area contributed by atoms with Crippen LogP contribution < -0.4 is 0 Å². The van der Waals surface area contributed by atoms with Crippen LogP contribution >= 0.6 is 0 Å². The lowest BCUT2D eigenvalue weighted by atomic mass is 10.0. The van der Waals surface area contributed by atoms with Crippen molar-refractivity contribution >= 4 is 28.6 Å². The Hall–Kier alpha value is -3.41. The molecule has 6 heteroatoms. The highest BCUT2D eigenvalue weighted by atomic mass is 16.6. The number of hydrogen-bond donors (Lipinski definition) is 1. The molecule has 0 saturated heterocycles. The van der Waals surface area contributed by atoms with Crippen molar-refractivity contribution in [1.82, 2.24) is 9.88 Å². The van der Waals surface area contributed by atoms with Crippen molar-refractivity contribution in [3.05, 3.63) is 81.5 Å². The molecule has 0 saturated carbocycles. The van der Waals surface area contributed by atoms with E-state index in [0.29, 0.717) is 18.7 Å². The van der Waals surface area contributed by atoms with Gasteiger partial charge >= 0.3 is 0 Å². The quantitative estimate of drug-likeness (QED) is 0.446. The number of aromatic amines is 1. The largest absolute Gasteiger partial charge is 0.358 e. The van der Waals surface area contributed by atoms with Crippen molar-refractivity contribution < 1.29 is 9.72 Å². The number of hydrogen-bond acceptors (Lipinski definition) is 3. The molecule has 1 N–H and O–H groups in total. The smallest absolute Gasteiger partial charge is 0.270 e. The molecule has 6 nitrogen and oxygen atoms in total. The SMILES string of the molecule is O=C(C=Cc1cccc([N+](=O)[O-])c1)N1CCc2[nH]c3ccccc3c2C1. The lowest BCUT2D eigenvalue weighted by Crippen LogP contribution is -2.34. The van der Waals surface area contributed by atoms with Crippen LogP contribution in [0.2, 0.25) is 0 Å². The summed E-state index contributed by atoms with van der Waals surface area (Å²) in [5, 5.41) is 12.0. The number of nitrogens with one attached hydrogen (secondary N) is 1. The average molecular weight is 347 g/mol. The number of aromatic nitrogens is 1. The van der Waals surface area contributed by atoms with Crippen LogP contribution in [0.3, 0.4) is 0 Å². The summed E-state index contributed by atoms with van der Waals surface area (Å²) in [4.78, 5) is 28.2. The minimum Gasteiger partial charge on any atom is -0.358 e. The highest BCUT2D eigenvalue weighted by Crippen LogP contribution is 2.27. The average Bonchev–Trinajstić information content (AvgIpc) is 3.04. The van der Waals surface area contributed by atoms with Crippen LogP contribution in [0, 0.1) is 10.1 Å². The van der Waals surface area contributed by atoms with E-state index >= 15 is 0 Å². The third-order valence-corrected chi connectivity index (χ3v) is 4.69. The molecule has 0 radical (unpaired) electrons. The second-order valence-corrected chi connectivity index (χ2v) is 6.32. The zero-order chi connectivity index (χ0) is 18.1. The molecule has 0 unspecified atom stereocenters. The van der Waals surface area contributed by atoms with Gasteiger partial charge in [0.25, 0.3) is 5.69 Å². The van der Waals surface area contributed by atoms with E-state index in [1.54, 1.807) is 23.1 Å². The number of fused-ring (bicyclic) bond motifs is 3. The Balaban J connectivity index is 1.53. The molecule has 1 aromatic heterocycles. The molecule has 0 bridgehead atoms. The minimum absolute atomic E-state index is 0.0148. The minimum atomic E-state index is -0.442. The van der Waals surface area contributed by atoms with Gasteiger partial charge in [0.05, 0.1) is 4.92 Å². The van der Waals surface area contributed by atoms with Crippen LogP contribution in [0.15, 0.2) is 54.6 Å².